The smallest absolute Gasteiger partial charge is 0.147 e. The Hall–Kier alpha value is -1.12. The number of hydrogen-bond donors (Lipinski definition) is 0. The van der Waals surface area contributed by atoms with Crippen LogP contribution in [-0.4, -0.2) is 5.60 Å². The van der Waals surface area contributed by atoms with Crippen LogP contribution in [0.25, 0.3) is 0 Å². The summed E-state index contributed by atoms with van der Waals surface area (Å²) in [5.41, 5.74) is 0.449. The van der Waals surface area contributed by atoms with Gasteiger partial charge in [0.05, 0.1) is 5.60 Å². The molecule has 0 aromatic heterocycles. The monoisotopic (exact) mass is 232 g/mol. The van der Waals surface area contributed by atoms with Crippen LogP contribution in [-0.2, 0) is 15.4 Å². The first kappa shape index (κ1) is 12.3. The highest BCUT2D eigenvalue weighted by Crippen LogP contribution is 2.38. The summed E-state index contributed by atoms with van der Waals surface area (Å²) in [5, 5.41) is 0. The molecule has 1 aliphatic rings. The molecule has 0 radical (unpaired) electrons. The fourth-order valence-corrected chi connectivity index (χ4v) is 1.93. The summed E-state index contributed by atoms with van der Waals surface area (Å²) >= 11 is 0. The van der Waals surface area contributed by atoms with Gasteiger partial charge in [-0.25, -0.2) is 9.78 Å². The average Bonchev–Trinajstić information content (AvgIpc) is 2.77. The van der Waals surface area contributed by atoms with Gasteiger partial charge in [0.2, 0.25) is 0 Å². The highest BCUT2D eigenvalue weighted by molar-refractivity contribution is 5.30. The maximum atomic E-state index is 5.75. The highest BCUT2D eigenvalue weighted by Gasteiger charge is 2.35. The van der Waals surface area contributed by atoms with Crippen molar-refractivity contribution in [2.75, 3.05) is 0 Å². The summed E-state index contributed by atoms with van der Waals surface area (Å²) in [6.45, 7) is 5.97. The van der Waals surface area contributed by atoms with E-state index in [0.29, 0.717) is 0 Å². The lowest BCUT2D eigenvalue weighted by atomic mass is 9.93. The number of rotatable bonds is 3. The Bertz CT molecular complexity index is 389. The van der Waals surface area contributed by atoms with Crippen molar-refractivity contribution in [1.29, 1.82) is 0 Å². The molecule has 1 unspecified atom stereocenters. The van der Waals surface area contributed by atoms with Crippen LogP contribution >= 0.6 is 0 Å². The zero-order chi connectivity index (χ0) is 12.4. The van der Waals surface area contributed by atoms with Gasteiger partial charge < -0.3 is 0 Å². The second-order valence-electron chi connectivity index (χ2n) is 5.48. The molecule has 0 amide bonds. The van der Waals surface area contributed by atoms with E-state index in [1.54, 1.807) is 0 Å². The van der Waals surface area contributed by atoms with Gasteiger partial charge in [-0.3, -0.25) is 0 Å². The van der Waals surface area contributed by atoms with E-state index >= 15 is 0 Å². The molecule has 0 fully saturated rings. The molecule has 1 aromatic carbocycles. The van der Waals surface area contributed by atoms with Crippen molar-refractivity contribution in [3.8, 4) is 0 Å². The normalized spacial score (nSPS) is 24.2. The Balaban J connectivity index is 2.19. The molecule has 0 spiro atoms. The quantitative estimate of drug-likeness (QED) is 0.446. The fraction of sp³-hybridized carbons (Fsp3) is 0.467. The molecule has 1 atom stereocenters. The van der Waals surface area contributed by atoms with Gasteiger partial charge in [-0.05, 0) is 45.3 Å². The zero-order valence-corrected chi connectivity index (χ0v) is 10.8. The van der Waals surface area contributed by atoms with Gasteiger partial charge in [-0.2, -0.15) is 0 Å². The van der Waals surface area contributed by atoms with E-state index in [-0.39, 0.29) is 5.60 Å². The minimum absolute atomic E-state index is 0.293. The second kappa shape index (κ2) is 4.63. The van der Waals surface area contributed by atoms with Gasteiger partial charge in [0.15, 0.2) is 0 Å². The molecule has 2 rings (SSSR count). The molecular formula is C15H20O2. The third-order valence-corrected chi connectivity index (χ3v) is 2.77. The summed E-state index contributed by atoms with van der Waals surface area (Å²) in [6, 6.07) is 10.2. The minimum atomic E-state index is -0.408. The maximum absolute atomic E-state index is 5.75. The summed E-state index contributed by atoms with van der Waals surface area (Å²) in [5.74, 6) is 0. The van der Waals surface area contributed by atoms with Crippen molar-refractivity contribution in [1.82, 2.24) is 0 Å². The SMILES string of the molecule is CC(C)(C)OOC1(c2ccccc2)C=CCC1. The molecule has 0 saturated carbocycles. The van der Waals surface area contributed by atoms with Crippen molar-refractivity contribution in [2.24, 2.45) is 0 Å². The number of benzene rings is 1. The second-order valence-corrected chi connectivity index (χ2v) is 5.48. The van der Waals surface area contributed by atoms with E-state index in [1.807, 2.05) is 39.0 Å². The van der Waals surface area contributed by atoms with Crippen LogP contribution in [0.15, 0.2) is 42.5 Å². The summed E-state index contributed by atoms with van der Waals surface area (Å²) in [6.07, 6.45) is 6.22. The number of allylic oxidation sites excluding steroid dienone is 1. The van der Waals surface area contributed by atoms with Gasteiger partial charge in [0, 0.05) is 0 Å². The third kappa shape index (κ3) is 2.96. The molecule has 17 heavy (non-hydrogen) atoms. The van der Waals surface area contributed by atoms with Gasteiger partial charge in [-0.1, -0.05) is 36.4 Å². The maximum Gasteiger partial charge on any atom is 0.147 e. The van der Waals surface area contributed by atoms with E-state index in [0.717, 1.165) is 18.4 Å². The molecular weight excluding hydrogens is 212 g/mol. The van der Waals surface area contributed by atoms with Crippen LogP contribution < -0.4 is 0 Å². The first-order chi connectivity index (χ1) is 8.02. The summed E-state index contributed by atoms with van der Waals surface area (Å²) in [7, 11) is 0. The molecule has 1 aliphatic carbocycles. The van der Waals surface area contributed by atoms with Crippen LogP contribution in [0, 0.1) is 0 Å². The molecule has 0 heterocycles. The van der Waals surface area contributed by atoms with E-state index < -0.39 is 5.60 Å². The first-order valence-corrected chi connectivity index (χ1v) is 6.12. The van der Waals surface area contributed by atoms with Crippen molar-refractivity contribution >= 4 is 0 Å². The predicted octanol–water partition coefficient (Wildman–Crippen LogP) is 3.98. The lowest BCUT2D eigenvalue weighted by Crippen LogP contribution is -2.30. The zero-order valence-electron chi connectivity index (χ0n) is 10.8. The first-order valence-electron chi connectivity index (χ1n) is 6.12. The molecule has 92 valence electrons. The molecule has 0 saturated heterocycles. The van der Waals surface area contributed by atoms with Crippen molar-refractivity contribution in [3.05, 3.63) is 48.0 Å². The van der Waals surface area contributed by atoms with Gasteiger partial charge in [-0.15, -0.1) is 0 Å². The Morgan fingerprint density at radius 1 is 1.12 bits per heavy atom. The van der Waals surface area contributed by atoms with Gasteiger partial charge in [0.25, 0.3) is 0 Å². The van der Waals surface area contributed by atoms with Gasteiger partial charge in [0.1, 0.15) is 5.60 Å². The molecule has 2 nitrogen and oxygen atoms in total. The highest BCUT2D eigenvalue weighted by atomic mass is 17.2. The molecule has 0 aliphatic heterocycles. The Labute approximate surface area is 103 Å². The fourth-order valence-electron chi connectivity index (χ4n) is 1.93. The van der Waals surface area contributed by atoms with E-state index in [2.05, 4.69) is 24.3 Å². The largest absolute Gasteiger partial charge is 0.230 e. The topological polar surface area (TPSA) is 18.5 Å². The molecule has 0 bridgehead atoms. The van der Waals surface area contributed by atoms with Gasteiger partial charge >= 0.3 is 0 Å². The summed E-state index contributed by atoms with van der Waals surface area (Å²) < 4.78 is 0. The van der Waals surface area contributed by atoms with Crippen molar-refractivity contribution in [2.45, 2.75) is 44.8 Å². The molecule has 0 N–H and O–H groups in total. The van der Waals surface area contributed by atoms with Crippen LogP contribution in [0.1, 0.15) is 39.2 Å². The number of hydrogen-bond acceptors (Lipinski definition) is 2. The third-order valence-electron chi connectivity index (χ3n) is 2.77. The predicted molar refractivity (Wildman–Crippen MR) is 68.4 cm³/mol. The van der Waals surface area contributed by atoms with Crippen molar-refractivity contribution in [3.63, 3.8) is 0 Å². The van der Waals surface area contributed by atoms with E-state index in [1.165, 1.54) is 0 Å². The summed E-state index contributed by atoms with van der Waals surface area (Å²) in [4.78, 5) is 11.3. The Morgan fingerprint density at radius 2 is 1.82 bits per heavy atom. The van der Waals surface area contributed by atoms with Crippen LogP contribution in [0.3, 0.4) is 0 Å². The molecule has 1 aromatic rings. The lowest BCUT2D eigenvalue weighted by molar-refractivity contribution is -0.397. The van der Waals surface area contributed by atoms with Crippen molar-refractivity contribution < 1.29 is 9.78 Å². The standard InChI is InChI=1S/C15H20O2/c1-14(2,3)16-17-15(11-7-8-12-15)13-9-5-4-6-10-13/h4-7,9-11H,8,12H2,1-3H3. The van der Waals surface area contributed by atoms with E-state index in [4.69, 9.17) is 9.78 Å². The lowest BCUT2D eigenvalue weighted by Gasteiger charge is -2.30. The van der Waals surface area contributed by atoms with Crippen LogP contribution in [0.2, 0.25) is 0 Å². The minimum Gasteiger partial charge on any atom is -0.230 e. The van der Waals surface area contributed by atoms with Crippen LogP contribution in [0.5, 0.6) is 0 Å². The molecule has 2 heteroatoms. The van der Waals surface area contributed by atoms with Crippen LogP contribution in [0.4, 0.5) is 0 Å². The van der Waals surface area contributed by atoms with E-state index in [9.17, 15) is 0 Å². The Kier molecular flexibility index (Phi) is 3.36. The Morgan fingerprint density at radius 3 is 2.35 bits per heavy atom. The average molecular weight is 232 g/mol.